The molecule has 0 fully saturated rings. The molecule has 0 spiro atoms. The normalized spacial score (nSPS) is 10.5. The van der Waals surface area contributed by atoms with Gasteiger partial charge in [0.25, 0.3) is 0 Å². The molecule has 1 rings (SSSR count). The van der Waals surface area contributed by atoms with Crippen LogP contribution in [0.4, 0.5) is 0 Å². The van der Waals surface area contributed by atoms with Gasteiger partial charge in [-0.15, -0.1) is 11.3 Å². The summed E-state index contributed by atoms with van der Waals surface area (Å²) in [6.07, 6.45) is 2.55. The maximum atomic E-state index is 8.51. The number of nitrogens with zero attached hydrogens (tertiary/aromatic N) is 2. The molecule has 0 bridgehead atoms. The zero-order valence-electron chi connectivity index (χ0n) is 9.29. The highest BCUT2D eigenvalue weighted by Gasteiger charge is 2.01. The Morgan fingerprint density at radius 2 is 2.40 bits per heavy atom. The molecule has 4 heteroatoms. The minimum absolute atomic E-state index is 0.439. The van der Waals surface area contributed by atoms with E-state index in [0.29, 0.717) is 12.5 Å². The second-order valence-corrected chi connectivity index (χ2v) is 4.72. The third-order valence-corrected chi connectivity index (χ3v) is 2.89. The molecule has 0 radical (unpaired) electrons. The quantitative estimate of drug-likeness (QED) is 0.752. The van der Waals surface area contributed by atoms with Gasteiger partial charge in [-0.3, -0.25) is 0 Å². The SMILES string of the molecule is CC(C)NCCCc1csc(CC#N)n1. The van der Waals surface area contributed by atoms with E-state index in [2.05, 4.69) is 35.6 Å². The summed E-state index contributed by atoms with van der Waals surface area (Å²) in [6.45, 7) is 5.32. The molecule has 82 valence electrons. The van der Waals surface area contributed by atoms with Crippen LogP contribution in [-0.4, -0.2) is 17.6 Å². The van der Waals surface area contributed by atoms with Gasteiger partial charge in [0.05, 0.1) is 18.2 Å². The first kappa shape index (κ1) is 12.2. The van der Waals surface area contributed by atoms with Gasteiger partial charge in [-0.25, -0.2) is 4.98 Å². The summed E-state index contributed by atoms with van der Waals surface area (Å²) in [5.74, 6) is 0. The minimum atomic E-state index is 0.439. The Hall–Kier alpha value is -0.920. The fourth-order valence-corrected chi connectivity index (χ4v) is 2.03. The van der Waals surface area contributed by atoms with Gasteiger partial charge in [-0.05, 0) is 19.4 Å². The average molecular weight is 223 g/mol. The van der Waals surface area contributed by atoms with E-state index >= 15 is 0 Å². The van der Waals surface area contributed by atoms with E-state index in [-0.39, 0.29) is 0 Å². The van der Waals surface area contributed by atoms with Gasteiger partial charge in [-0.1, -0.05) is 13.8 Å². The molecule has 0 atom stereocenters. The number of thiazole rings is 1. The number of hydrogen-bond donors (Lipinski definition) is 1. The van der Waals surface area contributed by atoms with Crippen molar-refractivity contribution in [3.63, 3.8) is 0 Å². The van der Waals surface area contributed by atoms with Crippen molar-refractivity contribution < 1.29 is 0 Å². The topological polar surface area (TPSA) is 48.7 Å². The molecule has 0 aliphatic rings. The monoisotopic (exact) mass is 223 g/mol. The minimum Gasteiger partial charge on any atom is -0.315 e. The van der Waals surface area contributed by atoms with Crippen molar-refractivity contribution >= 4 is 11.3 Å². The van der Waals surface area contributed by atoms with E-state index in [9.17, 15) is 0 Å². The summed E-state index contributed by atoms with van der Waals surface area (Å²) >= 11 is 1.58. The number of aryl methyl sites for hydroxylation is 1. The predicted molar refractivity (Wildman–Crippen MR) is 62.9 cm³/mol. The number of nitrogens with one attached hydrogen (secondary N) is 1. The van der Waals surface area contributed by atoms with Crippen LogP contribution in [0.1, 0.15) is 31.0 Å². The maximum Gasteiger partial charge on any atom is 0.107 e. The predicted octanol–water partition coefficient (Wildman–Crippen LogP) is 2.14. The fourth-order valence-electron chi connectivity index (χ4n) is 1.27. The smallest absolute Gasteiger partial charge is 0.107 e. The molecule has 0 saturated carbocycles. The van der Waals surface area contributed by atoms with Gasteiger partial charge in [0.2, 0.25) is 0 Å². The molecular weight excluding hydrogens is 206 g/mol. The highest BCUT2D eigenvalue weighted by molar-refractivity contribution is 7.09. The number of aromatic nitrogens is 1. The fraction of sp³-hybridized carbons (Fsp3) is 0.636. The lowest BCUT2D eigenvalue weighted by molar-refractivity contribution is 0.569. The standard InChI is InChI=1S/C11H17N3S/c1-9(2)13-7-3-4-10-8-15-11(14-10)5-6-12/h8-9,13H,3-5,7H2,1-2H3. The van der Waals surface area contributed by atoms with E-state index in [4.69, 9.17) is 5.26 Å². The molecule has 1 aromatic rings. The molecule has 0 unspecified atom stereocenters. The molecular formula is C11H17N3S. The molecule has 0 amide bonds. The first-order valence-electron chi connectivity index (χ1n) is 5.26. The van der Waals surface area contributed by atoms with Crippen molar-refractivity contribution in [2.24, 2.45) is 0 Å². The van der Waals surface area contributed by atoms with E-state index in [1.165, 1.54) is 0 Å². The van der Waals surface area contributed by atoms with Crippen molar-refractivity contribution in [2.45, 2.75) is 39.2 Å². The molecule has 0 aliphatic heterocycles. The van der Waals surface area contributed by atoms with E-state index in [1.807, 2.05) is 0 Å². The summed E-state index contributed by atoms with van der Waals surface area (Å²) in [7, 11) is 0. The summed E-state index contributed by atoms with van der Waals surface area (Å²) in [4.78, 5) is 4.38. The molecule has 3 nitrogen and oxygen atoms in total. The maximum absolute atomic E-state index is 8.51. The molecule has 1 aromatic heterocycles. The third-order valence-electron chi connectivity index (χ3n) is 1.99. The Balaban J connectivity index is 2.23. The number of nitriles is 1. The Kier molecular flexibility index (Phi) is 5.30. The Bertz CT molecular complexity index is 325. The first-order chi connectivity index (χ1) is 7.22. The van der Waals surface area contributed by atoms with E-state index in [1.54, 1.807) is 11.3 Å². The highest BCUT2D eigenvalue weighted by atomic mass is 32.1. The van der Waals surface area contributed by atoms with Gasteiger partial charge >= 0.3 is 0 Å². The Morgan fingerprint density at radius 1 is 1.60 bits per heavy atom. The van der Waals surface area contributed by atoms with Gasteiger partial charge in [-0.2, -0.15) is 5.26 Å². The lowest BCUT2D eigenvalue weighted by Crippen LogP contribution is -2.23. The van der Waals surface area contributed by atoms with Crippen molar-refractivity contribution in [2.75, 3.05) is 6.54 Å². The largest absolute Gasteiger partial charge is 0.315 e. The van der Waals surface area contributed by atoms with Crippen LogP contribution in [0.5, 0.6) is 0 Å². The zero-order chi connectivity index (χ0) is 11.1. The summed E-state index contributed by atoms with van der Waals surface area (Å²) < 4.78 is 0. The molecule has 0 aromatic carbocycles. The van der Waals surface area contributed by atoms with Gasteiger partial charge < -0.3 is 5.32 Å². The third kappa shape index (κ3) is 4.91. The number of hydrogen-bond acceptors (Lipinski definition) is 4. The van der Waals surface area contributed by atoms with Crippen LogP contribution in [0.3, 0.4) is 0 Å². The highest BCUT2D eigenvalue weighted by Crippen LogP contribution is 2.11. The molecule has 1 heterocycles. The van der Waals surface area contributed by atoms with Crippen LogP contribution in [0.25, 0.3) is 0 Å². The Labute approximate surface area is 95.2 Å². The van der Waals surface area contributed by atoms with Gasteiger partial charge in [0, 0.05) is 11.4 Å². The van der Waals surface area contributed by atoms with Crippen molar-refractivity contribution in [3.8, 4) is 6.07 Å². The van der Waals surface area contributed by atoms with Crippen molar-refractivity contribution in [1.82, 2.24) is 10.3 Å². The second-order valence-electron chi connectivity index (χ2n) is 3.78. The van der Waals surface area contributed by atoms with Crippen molar-refractivity contribution in [3.05, 3.63) is 16.1 Å². The summed E-state index contributed by atoms with van der Waals surface area (Å²) in [6, 6.07) is 2.67. The van der Waals surface area contributed by atoms with Gasteiger partial charge in [0.1, 0.15) is 5.01 Å². The molecule has 0 aliphatic carbocycles. The molecule has 0 saturated heterocycles. The van der Waals surface area contributed by atoms with E-state index in [0.717, 1.165) is 30.1 Å². The van der Waals surface area contributed by atoms with Crippen LogP contribution in [0.2, 0.25) is 0 Å². The zero-order valence-corrected chi connectivity index (χ0v) is 10.1. The molecule has 1 N–H and O–H groups in total. The second kappa shape index (κ2) is 6.54. The van der Waals surface area contributed by atoms with E-state index < -0.39 is 0 Å². The van der Waals surface area contributed by atoms with Crippen LogP contribution in [0.15, 0.2) is 5.38 Å². The van der Waals surface area contributed by atoms with Crippen molar-refractivity contribution in [1.29, 1.82) is 5.26 Å². The lowest BCUT2D eigenvalue weighted by atomic mass is 10.2. The average Bonchev–Trinajstić information content (AvgIpc) is 2.61. The Morgan fingerprint density at radius 3 is 3.07 bits per heavy atom. The first-order valence-corrected chi connectivity index (χ1v) is 6.14. The summed E-state index contributed by atoms with van der Waals surface area (Å²) in [5, 5.41) is 14.9. The van der Waals surface area contributed by atoms with Crippen LogP contribution >= 0.6 is 11.3 Å². The lowest BCUT2D eigenvalue weighted by Gasteiger charge is -2.06. The molecule has 15 heavy (non-hydrogen) atoms. The number of rotatable bonds is 6. The van der Waals surface area contributed by atoms with Gasteiger partial charge in [0.15, 0.2) is 0 Å². The van der Waals surface area contributed by atoms with Crippen LogP contribution in [0, 0.1) is 11.3 Å². The van der Waals surface area contributed by atoms with Crippen LogP contribution in [-0.2, 0) is 12.8 Å². The van der Waals surface area contributed by atoms with Crippen LogP contribution < -0.4 is 5.32 Å². The summed E-state index contributed by atoms with van der Waals surface area (Å²) in [5.41, 5.74) is 1.12.